The molecule has 0 amide bonds. The maximum absolute atomic E-state index is 4.28. The van der Waals surface area contributed by atoms with Crippen molar-refractivity contribution in [3.05, 3.63) is 95.2 Å². The normalized spacial score (nSPS) is 18.0. The van der Waals surface area contributed by atoms with Crippen LogP contribution in [0.5, 0.6) is 0 Å². The van der Waals surface area contributed by atoms with Crippen LogP contribution in [-0.4, -0.2) is 0 Å². The molecule has 1 unspecified atom stereocenters. The van der Waals surface area contributed by atoms with Crippen molar-refractivity contribution in [3.63, 3.8) is 0 Å². The van der Waals surface area contributed by atoms with E-state index in [2.05, 4.69) is 79.5 Å². The highest BCUT2D eigenvalue weighted by molar-refractivity contribution is 5.80. The first-order valence-corrected chi connectivity index (χ1v) is 9.28. The van der Waals surface area contributed by atoms with Gasteiger partial charge in [0.2, 0.25) is 0 Å². The zero-order chi connectivity index (χ0) is 17.2. The first-order chi connectivity index (χ1) is 12.2. The van der Waals surface area contributed by atoms with Crippen molar-refractivity contribution in [2.45, 2.75) is 32.6 Å². The Balaban J connectivity index is 1.48. The maximum atomic E-state index is 4.28. The molecule has 0 spiro atoms. The molecule has 0 radical (unpaired) electrons. The molecule has 2 aromatic carbocycles. The first kappa shape index (κ1) is 16.0. The number of nitrogens with one attached hydrogen (secondary N) is 1. The lowest BCUT2D eigenvalue weighted by Gasteiger charge is -2.24. The summed E-state index contributed by atoms with van der Waals surface area (Å²) in [6, 6.07) is 17.5. The van der Waals surface area contributed by atoms with Crippen molar-refractivity contribution in [3.8, 4) is 0 Å². The van der Waals surface area contributed by atoms with Gasteiger partial charge in [-0.15, -0.1) is 0 Å². The molecule has 0 heterocycles. The molecule has 4 rings (SSSR count). The minimum Gasteiger partial charge on any atom is -0.359 e. The number of benzene rings is 2. The van der Waals surface area contributed by atoms with Gasteiger partial charge in [-0.3, -0.25) is 0 Å². The fraction of sp³-hybridized carbons (Fsp3) is 0.250. The molecule has 2 aliphatic carbocycles. The number of fused-ring (bicyclic) bond motifs is 2. The molecule has 1 N–H and O–H groups in total. The number of hydrogen-bond acceptors (Lipinski definition) is 1. The van der Waals surface area contributed by atoms with Crippen molar-refractivity contribution in [2.24, 2.45) is 5.92 Å². The van der Waals surface area contributed by atoms with Gasteiger partial charge in [0, 0.05) is 17.3 Å². The molecule has 1 atom stereocenters. The van der Waals surface area contributed by atoms with E-state index >= 15 is 0 Å². The second kappa shape index (κ2) is 6.76. The molecular formula is C24H25N. The Hall–Kier alpha value is -2.54. The predicted molar refractivity (Wildman–Crippen MR) is 108 cm³/mol. The summed E-state index contributed by atoms with van der Waals surface area (Å²) < 4.78 is 0. The van der Waals surface area contributed by atoms with E-state index in [-0.39, 0.29) is 0 Å². The summed E-state index contributed by atoms with van der Waals surface area (Å²) in [7, 11) is 0. The van der Waals surface area contributed by atoms with Gasteiger partial charge in [-0.25, -0.2) is 0 Å². The van der Waals surface area contributed by atoms with E-state index < -0.39 is 0 Å². The SMILES string of the molecule is C=C(CC1C=CC2=C1c1ccccc1CC2)Nc1ccc(CC)cc1. The van der Waals surface area contributed by atoms with Gasteiger partial charge < -0.3 is 5.32 Å². The van der Waals surface area contributed by atoms with Gasteiger partial charge in [0.05, 0.1) is 0 Å². The van der Waals surface area contributed by atoms with Crippen molar-refractivity contribution >= 4 is 11.3 Å². The van der Waals surface area contributed by atoms with E-state index in [1.54, 1.807) is 0 Å². The highest BCUT2D eigenvalue weighted by Crippen LogP contribution is 2.43. The Labute approximate surface area is 150 Å². The quantitative estimate of drug-likeness (QED) is 0.694. The molecule has 0 saturated carbocycles. The van der Waals surface area contributed by atoms with Crippen molar-refractivity contribution in [1.29, 1.82) is 0 Å². The second-order valence-corrected chi connectivity index (χ2v) is 7.04. The second-order valence-electron chi connectivity index (χ2n) is 7.04. The minimum absolute atomic E-state index is 0.436. The van der Waals surface area contributed by atoms with Crippen molar-refractivity contribution < 1.29 is 0 Å². The summed E-state index contributed by atoms with van der Waals surface area (Å²) in [5.41, 5.74) is 9.54. The van der Waals surface area contributed by atoms with Crippen molar-refractivity contribution in [1.82, 2.24) is 0 Å². The molecule has 0 aromatic heterocycles. The van der Waals surface area contributed by atoms with E-state index in [9.17, 15) is 0 Å². The smallest absolute Gasteiger partial charge is 0.0381 e. The molecule has 0 bridgehead atoms. The number of anilines is 1. The van der Waals surface area contributed by atoms with Crippen LogP contribution in [0.3, 0.4) is 0 Å². The van der Waals surface area contributed by atoms with Gasteiger partial charge in [0.1, 0.15) is 0 Å². The van der Waals surface area contributed by atoms with Crippen LogP contribution in [0, 0.1) is 5.92 Å². The van der Waals surface area contributed by atoms with Gasteiger partial charge in [-0.2, -0.15) is 0 Å². The van der Waals surface area contributed by atoms with Gasteiger partial charge >= 0.3 is 0 Å². The van der Waals surface area contributed by atoms with Crippen LogP contribution in [0.1, 0.15) is 36.5 Å². The maximum Gasteiger partial charge on any atom is 0.0381 e. The van der Waals surface area contributed by atoms with Crippen LogP contribution < -0.4 is 5.32 Å². The molecular weight excluding hydrogens is 302 g/mol. The highest BCUT2D eigenvalue weighted by Gasteiger charge is 2.27. The van der Waals surface area contributed by atoms with Crippen LogP contribution in [-0.2, 0) is 12.8 Å². The molecule has 0 saturated heterocycles. The lowest BCUT2D eigenvalue weighted by atomic mass is 9.82. The topological polar surface area (TPSA) is 12.0 Å². The standard InChI is InChI=1S/C24H25N/c1-3-18-8-14-22(15-9-18)25-17(2)16-21-13-12-20-11-10-19-6-4-5-7-23(19)24(20)21/h4-9,12-15,21,25H,2-3,10-11,16H2,1H3. The summed E-state index contributed by atoms with van der Waals surface area (Å²) in [6.07, 6.45) is 9.04. The number of rotatable bonds is 5. The van der Waals surface area contributed by atoms with Crippen LogP contribution >= 0.6 is 0 Å². The van der Waals surface area contributed by atoms with Crippen LogP contribution in [0.25, 0.3) is 5.57 Å². The van der Waals surface area contributed by atoms with Crippen LogP contribution in [0.15, 0.2) is 78.5 Å². The minimum atomic E-state index is 0.436. The zero-order valence-corrected chi connectivity index (χ0v) is 14.9. The van der Waals surface area contributed by atoms with Gasteiger partial charge in [-0.1, -0.05) is 62.1 Å². The Bertz CT molecular complexity index is 852. The Morgan fingerprint density at radius 1 is 1.08 bits per heavy atom. The lowest BCUT2D eigenvalue weighted by Crippen LogP contribution is -2.10. The third-order valence-corrected chi connectivity index (χ3v) is 5.37. The van der Waals surface area contributed by atoms with Crippen LogP contribution in [0.2, 0.25) is 0 Å². The summed E-state index contributed by atoms with van der Waals surface area (Å²) in [4.78, 5) is 0. The molecule has 2 aliphatic rings. The fourth-order valence-corrected chi connectivity index (χ4v) is 4.03. The van der Waals surface area contributed by atoms with Gasteiger partial charge in [0.25, 0.3) is 0 Å². The molecule has 1 nitrogen and oxygen atoms in total. The molecule has 0 fully saturated rings. The summed E-state index contributed by atoms with van der Waals surface area (Å²) >= 11 is 0. The summed E-state index contributed by atoms with van der Waals surface area (Å²) in [6.45, 7) is 6.46. The number of aryl methyl sites for hydroxylation is 2. The lowest BCUT2D eigenvalue weighted by molar-refractivity contribution is 0.814. The van der Waals surface area contributed by atoms with E-state index in [4.69, 9.17) is 0 Å². The largest absolute Gasteiger partial charge is 0.359 e. The molecule has 2 aromatic rings. The monoisotopic (exact) mass is 327 g/mol. The molecule has 126 valence electrons. The third-order valence-electron chi connectivity index (χ3n) is 5.37. The van der Waals surface area contributed by atoms with E-state index in [0.717, 1.165) is 37.1 Å². The zero-order valence-electron chi connectivity index (χ0n) is 14.9. The predicted octanol–water partition coefficient (Wildman–Crippen LogP) is 6.15. The number of allylic oxidation sites excluding steroid dienone is 5. The van der Waals surface area contributed by atoms with E-state index in [1.165, 1.54) is 27.8 Å². The summed E-state index contributed by atoms with van der Waals surface area (Å²) in [5.74, 6) is 0.436. The average Bonchev–Trinajstić information content (AvgIpc) is 3.05. The average molecular weight is 327 g/mol. The number of hydrogen-bond donors (Lipinski definition) is 1. The fourth-order valence-electron chi connectivity index (χ4n) is 4.03. The van der Waals surface area contributed by atoms with E-state index in [1.807, 2.05) is 0 Å². The third kappa shape index (κ3) is 3.19. The Kier molecular flexibility index (Phi) is 4.31. The molecule has 25 heavy (non-hydrogen) atoms. The van der Waals surface area contributed by atoms with E-state index in [0.29, 0.717) is 5.92 Å². The summed E-state index contributed by atoms with van der Waals surface area (Å²) in [5, 5.41) is 3.49. The Morgan fingerprint density at radius 3 is 2.68 bits per heavy atom. The van der Waals surface area contributed by atoms with Crippen LogP contribution in [0.4, 0.5) is 5.69 Å². The highest BCUT2D eigenvalue weighted by atomic mass is 14.9. The van der Waals surface area contributed by atoms with Gasteiger partial charge in [0.15, 0.2) is 0 Å². The Morgan fingerprint density at radius 2 is 1.88 bits per heavy atom. The molecule has 0 aliphatic heterocycles. The first-order valence-electron chi connectivity index (χ1n) is 9.28. The van der Waals surface area contributed by atoms with Gasteiger partial charge in [-0.05, 0) is 65.7 Å². The molecule has 1 heteroatoms. The van der Waals surface area contributed by atoms with Crippen molar-refractivity contribution in [2.75, 3.05) is 5.32 Å².